The van der Waals surface area contributed by atoms with Gasteiger partial charge in [0.15, 0.2) is 0 Å². The number of carbonyl (C=O) groups excluding carboxylic acids is 1. The standard InChI is InChI=1S/C18H17ClFN3O/c1-11-9-13(19)5-8-16(11)23-17(10-15(22-23)18(24)21-2)12-3-6-14(20)7-4-12/h3-9,17H,10H2,1-2H3,(H,21,24). The number of anilines is 1. The minimum absolute atomic E-state index is 0.169. The highest BCUT2D eigenvalue weighted by atomic mass is 35.5. The molecular weight excluding hydrogens is 329 g/mol. The summed E-state index contributed by atoms with van der Waals surface area (Å²) in [7, 11) is 1.58. The number of carbonyl (C=O) groups is 1. The first-order chi connectivity index (χ1) is 11.5. The van der Waals surface area contributed by atoms with Gasteiger partial charge in [-0.05, 0) is 48.4 Å². The van der Waals surface area contributed by atoms with Crippen molar-refractivity contribution in [1.29, 1.82) is 0 Å². The van der Waals surface area contributed by atoms with E-state index in [2.05, 4.69) is 10.4 Å². The highest BCUT2D eigenvalue weighted by molar-refractivity contribution is 6.39. The van der Waals surface area contributed by atoms with Crippen LogP contribution in [0.5, 0.6) is 0 Å². The number of aryl methyl sites for hydroxylation is 1. The third-order valence-electron chi connectivity index (χ3n) is 4.06. The highest BCUT2D eigenvalue weighted by Gasteiger charge is 2.32. The van der Waals surface area contributed by atoms with Crippen molar-refractivity contribution < 1.29 is 9.18 Å². The lowest BCUT2D eigenvalue weighted by atomic mass is 10.0. The molecule has 24 heavy (non-hydrogen) atoms. The summed E-state index contributed by atoms with van der Waals surface area (Å²) in [6.07, 6.45) is 0.452. The maximum absolute atomic E-state index is 13.2. The van der Waals surface area contributed by atoms with E-state index in [0.717, 1.165) is 16.8 Å². The van der Waals surface area contributed by atoms with Crippen LogP contribution in [0.4, 0.5) is 10.1 Å². The van der Waals surface area contributed by atoms with E-state index in [-0.39, 0.29) is 17.8 Å². The molecule has 2 aromatic rings. The Kier molecular flexibility index (Phi) is 4.53. The molecule has 6 heteroatoms. The number of nitrogens with one attached hydrogen (secondary N) is 1. The maximum atomic E-state index is 13.2. The van der Waals surface area contributed by atoms with Crippen molar-refractivity contribution in [2.45, 2.75) is 19.4 Å². The number of benzene rings is 2. The van der Waals surface area contributed by atoms with Crippen molar-refractivity contribution in [2.75, 3.05) is 12.1 Å². The van der Waals surface area contributed by atoms with Gasteiger partial charge in [0.05, 0.1) is 11.7 Å². The van der Waals surface area contributed by atoms with Gasteiger partial charge in [-0.3, -0.25) is 9.80 Å². The molecule has 2 aromatic carbocycles. The monoisotopic (exact) mass is 345 g/mol. The molecule has 0 saturated heterocycles. The van der Waals surface area contributed by atoms with E-state index in [1.807, 2.05) is 24.1 Å². The van der Waals surface area contributed by atoms with Crippen LogP contribution < -0.4 is 10.3 Å². The number of halogens is 2. The van der Waals surface area contributed by atoms with E-state index in [0.29, 0.717) is 17.2 Å². The fraction of sp³-hybridized carbons (Fsp3) is 0.222. The lowest BCUT2D eigenvalue weighted by Gasteiger charge is -2.25. The Morgan fingerprint density at radius 3 is 2.62 bits per heavy atom. The molecule has 1 heterocycles. The van der Waals surface area contributed by atoms with E-state index >= 15 is 0 Å². The molecule has 0 saturated carbocycles. The van der Waals surface area contributed by atoms with Crippen LogP contribution >= 0.6 is 11.6 Å². The number of rotatable bonds is 3. The predicted molar refractivity (Wildman–Crippen MR) is 93.9 cm³/mol. The molecule has 124 valence electrons. The molecule has 0 bridgehead atoms. The van der Waals surface area contributed by atoms with Gasteiger partial charge in [-0.1, -0.05) is 23.7 Å². The second-order valence-corrected chi connectivity index (χ2v) is 6.11. The van der Waals surface area contributed by atoms with Crippen LogP contribution in [0.25, 0.3) is 0 Å². The maximum Gasteiger partial charge on any atom is 0.267 e. The molecule has 4 nitrogen and oxygen atoms in total. The largest absolute Gasteiger partial charge is 0.354 e. The molecule has 1 N–H and O–H groups in total. The van der Waals surface area contributed by atoms with Crippen LogP contribution in [0.2, 0.25) is 5.02 Å². The molecule has 1 unspecified atom stereocenters. The summed E-state index contributed by atoms with van der Waals surface area (Å²) in [5.74, 6) is -0.505. The Balaban J connectivity index is 2.04. The summed E-state index contributed by atoms with van der Waals surface area (Å²) < 4.78 is 13.2. The van der Waals surface area contributed by atoms with Crippen molar-refractivity contribution in [1.82, 2.24) is 5.32 Å². The first kappa shape index (κ1) is 16.5. The van der Waals surface area contributed by atoms with Gasteiger partial charge in [-0.25, -0.2) is 4.39 Å². The Bertz CT molecular complexity index is 804. The second-order valence-electron chi connectivity index (χ2n) is 5.67. The molecule has 3 rings (SSSR count). The molecule has 1 aliphatic heterocycles. The normalized spacial score (nSPS) is 16.9. The van der Waals surface area contributed by atoms with Gasteiger partial charge in [0, 0.05) is 18.5 Å². The van der Waals surface area contributed by atoms with Crippen LogP contribution in [0.1, 0.15) is 23.6 Å². The van der Waals surface area contributed by atoms with Crippen molar-refractivity contribution in [2.24, 2.45) is 5.10 Å². The van der Waals surface area contributed by atoms with Crippen molar-refractivity contribution >= 4 is 28.9 Å². The van der Waals surface area contributed by atoms with E-state index < -0.39 is 0 Å². The molecule has 1 atom stereocenters. The Hall–Kier alpha value is -2.40. The zero-order valence-corrected chi connectivity index (χ0v) is 14.1. The van der Waals surface area contributed by atoms with E-state index in [1.165, 1.54) is 12.1 Å². The Labute approximate surface area is 144 Å². The highest BCUT2D eigenvalue weighted by Crippen LogP contribution is 2.37. The average Bonchev–Trinajstić information content (AvgIpc) is 3.00. The molecule has 0 aromatic heterocycles. The summed E-state index contributed by atoms with van der Waals surface area (Å²) in [6.45, 7) is 1.94. The predicted octanol–water partition coefficient (Wildman–Crippen LogP) is 3.84. The first-order valence-corrected chi connectivity index (χ1v) is 7.98. The number of hydrogen-bond donors (Lipinski definition) is 1. The lowest BCUT2D eigenvalue weighted by Crippen LogP contribution is -2.26. The third-order valence-corrected chi connectivity index (χ3v) is 4.30. The van der Waals surface area contributed by atoms with Crippen LogP contribution in [0.15, 0.2) is 47.6 Å². The molecular formula is C18H17ClFN3O. The fourth-order valence-corrected chi connectivity index (χ4v) is 3.06. The van der Waals surface area contributed by atoms with Gasteiger partial charge < -0.3 is 5.32 Å². The SMILES string of the molecule is CNC(=O)C1=NN(c2ccc(Cl)cc2C)C(c2ccc(F)cc2)C1. The van der Waals surface area contributed by atoms with Gasteiger partial charge in [0.1, 0.15) is 11.5 Å². The second kappa shape index (κ2) is 6.61. The molecule has 0 aliphatic carbocycles. The lowest BCUT2D eigenvalue weighted by molar-refractivity contribution is -0.114. The number of hydrogen-bond acceptors (Lipinski definition) is 3. The summed E-state index contributed by atoms with van der Waals surface area (Å²) in [5.41, 5.74) is 3.17. The minimum Gasteiger partial charge on any atom is -0.354 e. The summed E-state index contributed by atoms with van der Waals surface area (Å²) in [5, 5.41) is 9.56. The topological polar surface area (TPSA) is 44.7 Å². The minimum atomic E-state index is -0.293. The van der Waals surface area contributed by atoms with Gasteiger partial charge in [0.25, 0.3) is 5.91 Å². The molecule has 0 spiro atoms. The van der Waals surface area contributed by atoms with Gasteiger partial charge in [-0.2, -0.15) is 5.10 Å². The van der Waals surface area contributed by atoms with E-state index in [4.69, 9.17) is 11.6 Å². The number of hydrazone groups is 1. The molecule has 1 aliphatic rings. The summed E-state index contributed by atoms with van der Waals surface area (Å²) in [6, 6.07) is 11.6. The first-order valence-electron chi connectivity index (χ1n) is 7.60. The smallest absolute Gasteiger partial charge is 0.267 e. The number of nitrogens with zero attached hydrogens (tertiary/aromatic N) is 2. The van der Waals surface area contributed by atoms with Crippen molar-refractivity contribution in [3.05, 3.63) is 64.4 Å². The Morgan fingerprint density at radius 2 is 2.00 bits per heavy atom. The Morgan fingerprint density at radius 1 is 1.29 bits per heavy atom. The van der Waals surface area contributed by atoms with Crippen LogP contribution in [0.3, 0.4) is 0 Å². The van der Waals surface area contributed by atoms with E-state index in [9.17, 15) is 9.18 Å². The van der Waals surface area contributed by atoms with Crippen LogP contribution in [0, 0.1) is 12.7 Å². The van der Waals surface area contributed by atoms with Crippen molar-refractivity contribution in [3.63, 3.8) is 0 Å². The van der Waals surface area contributed by atoms with Gasteiger partial charge in [-0.15, -0.1) is 0 Å². The van der Waals surface area contributed by atoms with Crippen molar-refractivity contribution in [3.8, 4) is 0 Å². The van der Waals surface area contributed by atoms with Crippen LogP contribution in [-0.2, 0) is 4.79 Å². The zero-order chi connectivity index (χ0) is 17.3. The average molecular weight is 346 g/mol. The van der Waals surface area contributed by atoms with E-state index in [1.54, 1.807) is 25.2 Å². The number of amides is 1. The quantitative estimate of drug-likeness (QED) is 0.918. The summed E-state index contributed by atoms with van der Waals surface area (Å²) in [4.78, 5) is 12.0. The van der Waals surface area contributed by atoms with Gasteiger partial charge >= 0.3 is 0 Å². The van der Waals surface area contributed by atoms with Crippen LogP contribution in [-0.4, -0.2) is 18.7 Å². The molecule has 0 radical (unpaired) electrons. The zero-order valence-electron chi connectivity index (χ0n) is 13.4. The fourth-order valence-electron chi connectivity index (χ4n) is 2.83. The van der Waals surface area contributed by atoms with Gasteiger partial charge in [0.2, 0.25) is 0 Å². The molecule has 1 amide bonds. The summed E-state index contributed by atoms with van der Waals surface area (Å²) >= 11 is 6.04. The molecule has 0 fully saturated rings. The third kappa shape index (κ3) is 3.12.